The maximum Gasteiger partial charge on any atom is 0.229 e. The van der Waals surface area contributed by atoms with Crippen LogP contribution in [0.25, 0.3) is 22.2 Å². The molecule has 204 valence electrons. The number of rotatable bonds is 8. The van der Waals surface area contributed by atoms with Gasteiger partial charge < -0.3 is 19.7 Å². The standard InChI is InChI=1S/C29H33Cl2N7O/c1-35(2)12-5-13-37-14-16-38(17-15-37)21-10-8-20(9-11-21)33-29-32-18-22-27(39)23(19-36(3)28(22)34-29)26-24(30)6-4-7-25(26)31/h4,6-11,18-19H,5,12-17H2,1-3H3,(H,32,33,34). The Labute approximate surface area is 238 Å². The minimum Gasteiger partial charge on any atom is -0.369 e. The number of aryl methyl sites for hydroxylation is 1. The molecule has 5 rings (SSSR count). The lowest BCUT2D eigenvalue weighted by Gasteiger charge is -2.36. The second kappa shape index (κ2) is 11.9. The molecule has 1 aliphatic heterocycles. The van der Waals surface area contributed by atoms with Crippen LogP contribution in [0.15, 0.2) is 59.7 Å². The molecule has 0 bridgehead atoms. The number of piperazine rings is 1. The van der Waals surface area contributed by atoms with Gasteiger partial charge in [0.2, 0.25) is 11.4 Å². The Morgan fingerprint density at radius 3 is 2.36 bits per heavy atom. The van der Waals surface area contributed by atoms with E-state index in [-0.39, 0.29) is 5.43 Å². The van der Waals surface area contributed by atoms with E-state index in [0.29, 0.717) is 38.2 Å². The molecule has 0 unspecified atom stereocenters. The Morgan fingerprint density at radius 2 is 1.69 bits per heavy atom. The largest absolute Gasteiger partial charge is 0.369 e. The highest BCUT2D eigenvalue weighted by Crippen LogP contribution is 2.33. The average Bonchev–Trinajstić information content (AvgIpc) is 2.92. The van der Waals surface area contributed by atoms with Crippen LogP contribution >= 0.6 is 23.2 Å². The summed E-state index contributed by atoms with van der Waals surface area (Å²) in [5, 5.41) is 4.50. The van der Waals surface area contributed by atoms with Gasteiger partial charge in [-0.05, 0) is 70.0 Å². The molecule has 0 spiro atoms. The summed E-state index contributed by atoms with van der Waals surface area (Å²) in [5.74, 6) is 0.417. The molecule has 1 saturated heterocycles. The highest BCUT2D eigenvalue weighted by Gasteiger charge is 2.18. The van der Waals surface area contributed by atoms with Gasteiger partial charge in [0.05, 0.1) is 15.4 Å². The molecule has 1 fully saturated rings. The van der Waals surface area contributed by atoms with Crippen LogP contribution in [-0.4, -0.2) is 77.7 Å². The lowest BCUT2D eigenvalue weighted by atomic mass is 10.1. The predicted octanol–water partition coefficient (Wildman–Crippen LogP) is 5.12. The van der Waals surface area contributed by atoms with Gasteiger partial charge in [-0.1, -0.05) is 29.3 Å². The number of nitrogens with zero attached hydrogens (tertiary/aromatic N) is 6. The summed E-state index contributed by atoms with van der Waals surface area (Å²) in [6.45, 7) is 6.50. The monoisotopic (exact) mass is 565 g/mol. The molecular formula is C29H33Cl2N7O. The summed E-state index contributed by atoms with van der Waals surface area (Å²) in [5.41, 5.74) is 3.31. The Bertz CT molecular complexity index is 1490. The van der Waals surface area contributed by atoms with Gasteiger partial charge in [-0.15, -0.1) is 0 Å². The van der Waals surface area contributed by atoms with Gasteiger partial charge in [0, 0.05) is 68.1 Å². The van der Waals surface area contributed by atoms with Crippen LogP contribution in [0.4, 0.5) is 17.3 Å². The van der Waals surface area contributed by atoms with Crippen LogP contribution in [0.3, 0.4) is 0 Å². The van der Waals surface area contributed by atoms with Crippen LogP contribution in [0.2, 0.25) is 10.0 Å². The molecule has 3 heterocycles. The number of halogens is 2. The van der Waals surface area contributed by atoms with Crippen molar-refractivity contribution in [3.05, 3.63) is 75.1 Å². The van der Waals surface area contributed by atoms with Gasteiger partial charge in [0.1, 0.15) is 5.65 Å². The molecule has 39 heavy (non-hydrogen) atoms. The fraction of sp³-hybridized carbons (Fsp3) is 0.345. The lowest BCUT2D eigenvalue weighted by Crippen LogP contribution is -2.46. The first-order valence-electron chi connectivity index (χ1n) is 13.1. The Hall–Kier alpha value is -3.17. The number of hydrogen-bond acceptors (Lipinski definition) is 7. The first-order chi connectivity index (χ1) is 18.8. The molecule has 0 saturated carbocycles. The van der Waals surface area contributed by atoms with Crippen molar-refractivity contribution in [2.24, 2.45) is 7.05 Å². The first kappa shape index (κ1) is 27.4. The number of fused-ring (bicyclic) bond motifs is 1. The van der Waals surface area contributed by atoms with Crippen LogP contribution in [0, 0.1) is 0 Å². The second-order valence-corrected chi connectivity index (χ2v) is 11.0. The molecule has 0 amide bonds. The van der Waals surface area contributed by atoms with Crippen molar-refractivity contribution in [2.75, 3.05) is 63.6 Å². The fourth-order valence-electron chi connectivity index (χ4n) is 4.98. The first-order valence-corrected chi connectivity index (χ1v) is 13.9. The topological polar surface area (TPSA) is 69.5 Å². The third-order valence-electron chi connectivity index (χ3n) is 7.09. The van der Waals surface area contributed by atoms with Crippen molar-refractivity contribution in [1.29, 1.82) is 0 Å². The van der Waals surface area contributed by atoms with Crippen LogP contribution in [0.5, 0.6) is 0 Å². The molecule has 2 aromatic carbocycles. The minimum atomic E-state index is -0.216. The van der Waals surface area contributed by atoms with Crippen molar-refractivity contribution < 1.29 is 0 Å². The van der Waals surface area contributed by atoms with Crippen molar-refractivity contribution in [1.82, 2.24) is 24.3 Å². The van der Waals surface area contributed by atoms with E-state index in [4.69, 9.17) is 23.2 Å². The summed E-state index contributed by atoms with van der Waals surface area (Å²) < 4.78 is 1.79. The minimum absolute atomic E-state index is 0.216. The maximum atomic E-state index is 13.3. The molecule has 0 radical (unpaired) electrons. The number of hydrogen-bond donors (Lipinski definition) is 1. The third kappa shape index (κ3) is 6.20. The van der Waals surface area contributed by atoms with Crippen molar-refractivity contribution >= 4 is 51.6 Å². The highest BCUT2D eigenvalue weighted by atomic mass is 35.5. The van der Waals surface area contributed by atoms with Gasteiger partial charge in [-0.3, -0.25) is 9.69 Å². The van der Waals surface area contributed by atoms with Crippen molar-refractivity contribution in [3.63, 3.8) is 0 Å². The van der Waals surface area contributed by atoms with Crippen LogP contribution in [-0.2, 0) is 7.05 Å². The lowest BCUT2D eigenvalue weighted by molar-refractivity contribution is 0.242. The van der Waals surface area contributed by atoms with Crippen LogP contribution < -0.4 is 15.6 Å². The van der Waals surface area contributed by atoms with E-state index >= 15 is 0 Å². The van der Waals surface area contributed by atoms with Gasteiger partial charge in [-0.25, -0.2) is 4.98 Å². The summed E-state index contributed by atoms with van der Waals surface area (Å²) in [7, 11) is 6.09. The van der Waals surface area contributed by atoms with E-state index in [9.17, 15) is 4.79 Å². The normalized spacial score (nSPS) is 14.4. The second-order valence-electron chi connectivity index (χ2n) is 10.2. The van der Waals surface area contributed by atoms with E-state index in [0.717, 1.165) is 45.0 Å². The van der Waals surface area contributed by atoms with E-state index in [1.165, 1.54) is 12.1 Å². The SMILES string of the molecule is CN(C)CCCN1CCN(c2ccc(Nc3ncc4c(=O)c(-c5c(Cl)cccc5Cl)cn(C)c4n3)cc2)CC1. The number of aromatic nitrogens is 3. The maximum absolute atomic E-state index is 13.3. The quantitative estimate of drug-likeness (QED) is 0.318. The molecule has 4 aromatic rings. The van der Waals surface area contributed by atoms with Gasteiger partial charge >= 0.3 is 0 Å². The van der Waals surface area contributed by atoms with Crippen molar-refractivity contribution in [3.8, 4) is 11.1 Å². The molecule has 0 aliphatic carbocycles. The highest BCUT2D eigenvalue weighted by molar-refractivity contribution is 6.39. The van der Waals surface area contributed by atoms with Gasteiger partial charge in [0.15, 0.2) is 0 Å². The average molecular weight is 567 g/mol. The molecule has 0 atom stereocenters. The predicted molar refractivity (Wildman–Crippen MR) is 162 cm³/mol. The molecule has 1 N–H and O–H groups in total. The number of pyridine rings is 1. The van der Waals surface area contributed by atoms with E-state index < -0.39 is 0 Å². The summed E-state index contributed by atoms with van der Waals surface area (Å²) >= 11 is 12.7. The van der Waals surface area contributed by atoms with E-state index in [1.54, 1.807) is 35.2 Å². The molecule has 1 aliphatic rings. The number of benzene rings is 2. The fourth-order valence-corrected chi connectivity index (χ4v) is 5.58. The van der Waals surface area contributed by atoms with Crippen LogP contribution in [0.1, 0.15) is 6.42 Å². The summed E-state index contributed by atoms with van der Waals surface area (Å²) in [6, 6.07) is 13.5. The van der Waals surface area contributed by atoms with Gasteiger partial charge in [-0.2, -0.15) is 4.98 Å². The summed E-state index contributed by atoms with van der Waals surface area (Å²) in [6.07, 6.45) is 4.47. The number of anilines is 3. The third-order valence-corrected chi connectivity index (χ3v) is 7.72. The van der Waals surface area contributed by atoms with E-state index in [2.05, 4.69) is 56.2 Å². The molecule has 8 nitrogen and oxygen atoms in total. The zero-order chi connectivity index (χ0) is 27.5. The zero-order valence-electron chi connectivity index (χ0n) is 22.5. The van der Waals surface area contributed by atoms with E-state index in [1.807, 2.05) is 19.2 Å². The molecular weight excluding hydrogens is 533 g/mol. The molecule has 10 heteroatoms. The van der Waals surface area contributed by atoms with Gasteiger partial charge in [0.25, 0.3) is 0 Å². The Morgan fingerprint density at radius 1 is 1.00 bits per heavy atom. The zero-order valence-corrected chi connectivity index (χ0v) is 24.0. The summed E-state index contributed by atoms with van der Waals surface area (Å²) in [4.78, 5) is 29.6. The number of nitrogens with one attached hydrogen (secondary N) is 1. The Kier molecular flexibility index (Phi) is 8.37. The smallest absolute Gasteiger partial charge is 0.229 e. The van der Waals surface area contributed by atoms with Crippen molar-refractivity contribution in [2.45, 2.75) is 6.42 Å². The molecule has 2 aromatic heterocycles. The Balaban J connectivity index is 1.27.